The topological polar surface area (TPSA) is 43.9 Å². The van der Waals surface area contributed by atoms with Crippen LogP contribution in [0.15, 0.2) is 102 Å². The average molecular weight is 787 g/mol. The van der Waals surface area contributed by atoms with Gasteiger partial charge in [-0.25, -0.2) is 0 Å². The number of fused-ring (bicyclic) bond motifs is 4. The Morgan fingerprint density at radius 1 is 0.844 bits per heavy atom. The first-order chi connectivity index (χ1) is 21.4. The van der Waals surface area contributed by atoms with Crippen molar-refractivity contribution in [2.75, 3.05) is 0 Å². The minimum atomic E-state index is -1.29. The second kappa shape index (κ2) is 13.3. The van der Waals surface area contributed by atoms with Crippen molar-refractivity contribution in [3.05, 3.63) is 115 Å². The van der Waals surface area contributed by atoms with E-state index in [-0.39, 0.29) is 26.1 Å². The molecule has 0 spiro atoms. The normalized spacial score (nSPS) is 12.2. The molecule has 7 rings (SSSR count). The zero-order valence-electron chi connectivity index (χ0n) is 27.9. The third-order valence-corrected chi connectivity index (χ3v) is 10.00. The summed E-state index contributed by atoms with van der Waals surface area (Å²) in [6.45, 7) is 15.1. The van der Waals surface area contributed by atoms with Gasteiger partial charge >= 0.3 is 0 Å². The minimum Gasteiger partial charge on any atom is -0.501 e. The maximum Gasteiger partial charge on any atom is 0.120 e. The van der Waals surface area contributed by atoms with E-state index in [1.165, 1.54) is 5.19 Å². The monoisotopic (exact) mass is 787 g/mol. The Labute approximate surface area is 282 Å². The van der Waals surface area contributed by atoms with Crippen LogP contribution in [-0.4, -0.2) is 22.6 Å². The number of furan rings is 1. The molecule has 0 aliphatic heterocycles. The van der Waals surface area contributed by atoms with E-state index in [2.05, 4.69) is 97.6 Å². The SMILES string of the molecule is CC(C)n1c(-c2[c-]ccc3c2oc2ccccc23)nc2ccccc21.[2H]C(C)(C)c1c[c-]c(-c2ccc([Si](C)(C)C)cn2)cc1.[Ir]. The fourth-order valence-electron chi connectivity index (χ4n) is 5.49. The first-order valence-electron chi connectivity index (χ1n) is 15.7. The molecule has 0 atom stereocenters. The van der Waals surface area contributed by atoms with E-state index < -0.39 is 14.0 Å². The molecule has 0 N–H and O–H groups in total. The molecule has 231 valence electrons. The molecule has 0 saturated heterocycles. The predicted octanol–water partition coefficient (Wildman–Crippen LogP) is 10.2. The number of rotatable bonds is 5. The predicted molar refractivity (Wildman–Crippen MR) is 187 cm³/mol. The van der Waals surface area contributed by atoms with Crippen LogP contribution in [-0.2, 0) is 20.1 Å². The molecule has 0 aliphatic rings. The standard InChI is InChI=1S/C22H17N2O.C17H22NSi.Ir/c1-14(2)24-19-12-5-4-11-18(19)23-22(24)17-10-7-9-16-15-8-3-6-13-20(15)25-21(16)17;1-13(2)14-6-8-15(9-7-14)17-11-10-16(12-18-17)19(3,4)5;/h3-9,11-14H,1-2H3;6-8,10-13H,1-5H3;/q2*-1;/i;13D;. The van der Waals surface area contributed by atoms with Crippen molar-refractivity contribution < 1.29 is 25.9 Å². The van der Waals surface area contributed by atoms with E-state index in [1.807, 2.05) is 68.6 Å². The van der Waals surface area contributed by atoms with Crippen LogP contribution in [0.3, 0.4) is 0 Å². The number of imidazole rings is 1. The summed E-state index contributed by atoms with van der Waals surface area (Å²) < 4.78 is 16.5. The van der Waals surface area contributed by atoms with E-state index in [0.717, 1.165) is 61.2 Å². The van der Waals surface area contributed by atoms with Gasteiger partial charge < -0.3 is 14.0 Å². The fourth-order valence-corrected chi connectivity index (χ4v) is 6.53. The van der Waals surface area contributed by atoms with Gasteiger partial charge in [-0.05, 0) is 42.9 Å². The quantitative estimate of drug-likeness (QED) is 0.129. The maximum absolute atomic E-state index is 8.01. The molecule has 6 heteroatoms. The van der Waals surface area contributed by atoms with Gasteiger partial charge in [-0.1, -0.05) is 92.8 Å². The van der Waals surface area contributed by atoms with Gasteiger partial charge in [-0.15, -0.1) is 53.6 Å². The molecule has 4 nitrogen and oxygen atoms in total. The summed E-state index contributed by atoms with van der Waals surface area (Å²) >= 11 is 0. The van der Waals surface area contributed by atoms with Crippen molar-refractivity contribution in [2.45, 2.75) is 59.3 Å². The molecule has 0 aliphatic carbocycles. The van der Waals surface area contributed by atoms with Crippen molar-refractivity contribution in [3.8, 4) is 22.6 Å². The summed E-state index contributed by atoms with van der Waals surface area (Å²) in [5.41, 5.74) is 7.69. The number of pyridine rings is 1. The minimum absolute atomic E-state index is 0. The van der Waals surface area contributed by atoms with E-state index >= 15 is 0 Å². The Bertz CT molecular complexity index is 2050. The number of para-hydroxylation sites is 3. The molecule has 0 fully saturated rings. The smallest absolute Gasteiger partial charge is 0.120 e. The summed E-state index contributed by atoms with van der Waals surface area (Å²) in [7, 11) is -1.29. The van der Waals surface area contributed by atoms with Gasteiger partial charge in [-0.3, -0.25) is 4.98 Å². The number of benzene rings is 4. The molecule has 1 radical (unpaired) electrons. The van der Waals surface area contributed by atoms with E-state index in [1.54, 1.807) is 0 Å². The number of hydrogen-bond acceptors (Lipinski definition) is 3. The van der Waals surface area contributed by atoms with E-state index in [4.69, 9.17) is 10.8 Å². The van der Waals surface area contributed by atoms with Crippen LogP contribution in [0, 0.1) is 12.1 Å². The van der Waals surface area contributed by atoms with Crippen LogP contribution in [0.4, 0.5) is 0 Å². The number of aromatic nitrogens is 3. The van der Waals surface area contributed by atoms with Crippen molar-refractivity contribution in [3.63, 3.8) is 0 Å². The van der Waals surface area contributed by atoms with Crippen LogP contribution in [0.5, 0.6) is 0 Å². The van der Waals surface area contributed by atoms with Gasteiger partial charge in [0.05, 0.1) is 30.5 Å². The average Bonchev–Trinajstić information content (AvgIpc) is 3.60. The molecule has 45 heavy (non-hydrogen) atoms. The second-order valence-electron chi connectivity index (χ2n) is 12.8. The molecule has 0 bridgehead atoms. The summed E-state index contributed by atoms with van der Waals surface area (Å²) in [5, 5.41) is 3.59. The zero-order valence-corrected chi connectivity index (χ0v) is 30.3. The van der Waals surface area contributed by atoms with Crippen LogP contribution in [0.25, 0.3) is 55.6 Å². The summed E-state index contributed by atoms with van der Waals surface area (Å²) in [5.74, 6) is 0.324. The molecular weight excluding hydrogens is 747 g/mol. The van der Waals surface area contributed by atoms with Crippen molar-refractivity contribution >= 4 is 46.2 Å². The molecule has 0 saturated carbocycles. The Morgan fingerprint density at radius 3 is 2.27 bits per heavy atom. The molecule has 4 aromatic carbocycles. The van der Waals surface area contributed by atoms with Gasteiger partial charge in [0.1, 0.15) is 5.58 Å². The molecule has 0 amide bonds. The molecule has 3 aromatic heterocycles. The molecule has 3 heterocycles. The maximum atomic E-state index is 8.01. The Hall–Kier alpha value is -3.83. The first-order valence-corrected chi connectivity index (χ1v) is 18.7. The van der Waals surface area contributed by atoms with Gasteiger partial charge in [0.2, 0.25) is 0 Å². The van der Waals surface area contributed by atoms with Crippen LogP contribution >= 0.6 is 0 Å². The molecular formula is C39H39IrN3OSi-2. The van der Waals surface area contributed by atoms with Gasteiger partial charge in [0.25, 0.3) is 0 Å². The van der Waals surface area contributed by atoms with Crippen molar-refractivity contribution in [2.24, 2.45) is 0 Å². The van der Waals surface area contributed by atoms with Crippen LogP contribution < -0.4 is 5.19 Å². The van der Waals surface area contributed by atoms with Crippen molar-refractivity contribution in [1.82, 2.24) is 14.5 Å². The van der Waals surface area contributed by atoms with Gasteiger partial charge in [0.15, 0.2) is 0 Å². The van der Waals surface area contributed by atoms with Gasteiger partial charge in [-0.2, -0.15) is 0 Å². The van der Waals surface area contributed by atoms with Crippen LogP contribution in [0.2, 0.25) is 19.6 Å². The summed E-state index contributed by atoms with van der Waals surface area (Å²) in [6, 6.07) is 37.5. The van der Waals surface area contributed by atoms with E-state index in [9.17, 15) is 0 Å². The van der Waals surface area contributed by atoms with Crippen molar-refractivity contribution in [1.29, 1.82) is 0 Å². The summed E-state index contributed by atoms with van der Waals surface area (Å²) in [4.78, 5) is 9.46. The number of hydrogen-bond donors (Lipinski definition) is 0. The Balaban J connectivity index is 0.000000182. The van der Waals surface area contributed by atoms with Gasteiger partial charge in [0, 0.05) is 39.1 Å². The number of nitrogens with zero attached hydrogens (tertiary/aromatic N) is 3. The fraction of sp³-hybridized carbons (Fsp3) is 0.231. The Morgan fingerprint density at radius 2 is 1.60 bits per heavy atom. The van der Waals surface area contributed by atoms with E-state index in [0.29, 0.717) is 0 Å². The third-order valence-electron chi connectivity index (χ3n) is 7.97. The zero-order chi connectivity index (χ0) is 31.9. The Kier molecular flexibility index (Phi) is 9.18. The molecule has 0 unspecified atom stereocenters. The second-order valence-corrected chi connectivity index (χ2v) is 17.8. The third kappa shape index (κ3) is 6.60. The molecule has 7 aromatic rings. The first kappa shape index (κ1) is 31.2. The van der Waals surface area contributed by atoms with Crippen LogP contribution in [0.1, 0.15) is 46.6 Å². The summed E-state index contributed by atoms with van der Waals surface area (Å²) in [6.07, 6.45) is 2.00. The largest absolute Gasteiger partial charge is 0.501 e.